The van der Waals surface area contributed by atoms with E-state index in [9.17, 15) is 22.0 Å². The maximum Gasteiger partial charge on any atom is 0.335 e. The van der Waals surface area contributed by atoms with Crippen molar-refractivity contribution < 1.29 is 27.1 Å². The Balaban J connectivity index is 2.51. The molecule has 2 aromatic carbocycles. The highest BCUT2D eigenvalue weighted by atomic mass is 35.5. The molecule has 0 bridgehead atoms. The molecule has 0 aliphatic rings. The number of sulfonamides is 1. The molecule has 0 saturated carbocycles. The number of halogens is 3. The summed E-state index contributed by atoms with van der Waals surface area (Å²) in [6, 6.07) is 4.56. The predicted molar refractivity (Wildman–Crippen MR) is 80.3 cm³/mol. The fourth-order valence-electron chi connectivity index (χ4n) is 1.83. The van der Waals surface area contributed by atoms with Gasteiger partial charge >= 0.3 is 5.97 Å². The van der Waals surface area contributed by atoms with Crippen LogP contribution in [0.25, 0.3) is 0 Å². The summed E-state index contributed by atoms with van der Waals surface area (Å²) in [7, 11) is -4.29. The lowest BCUT2D eigenvalue weighted by Crippen LogP contribution is -2.15. The van der Waals surface area contributed by atoms with Gasteiger partial charge in [0.15, 0.2) is 11.6 Å². The number of rotatable bonds is 4. The Morgan fingerprint density at radius 3 is 2.39 bits per heavy atom. The number of aryl methyl sites for hydroxylation is 1. The minimum Gasteiger partial charge on any atom is -0.478 e. The van der Waals surface area contributed by atoms with Crippen LogP contribution in [0, 0.1) is 18.6 Å². The standard InChI is InChI=1S/C14H10ClF2NO4S/c1-7-4-8(14(19)20)5-12(13(7)15)23(21,22)18-9-2-3-10(16)11(17)6-9/h2-6,18H,1H3,(H,19,20). The van der Waals surface area contributed by atoms with Crippen LogP contribution in [0.15, 0.2) is 35.2 Å². The molecule has 122 valence electrons. The SMILES string of the molecule is Cc1cc(C(=O)O)cc(S(=O)(=O)Nc2ccc(F)c(F)c2)c1Cl. The predicted octanol–water partition coefficient (Wildman–Crippen LogP) is 3.43. The van der Waals surface area contributed by atoms with Crippen molar-refractivity contribution in [3.8, 4) is 0 Å². The third-order valence-corrected chi connectivity index (χ3v) is 4.95. The Morgan fingerprint density at radius 2 is 1.83 bits per heavy atom. The largest absolute Gasteiger partial charge is 0.478 e. The number of hydrogen-bond acceptors (Lipinski definition) is 3. The van der Waals surface area contributed by atoms with E-state index in [0.717, 1.165) is 18.2 Å². The van der Waals surface area contributed by atoms with Gasteiger partial charge in [0.2, 0.25) is 0 Å². The van der Waals surface area contributed by atoms with Crippen LogP contribution in [0.3, 0.4) is 0 Å². The highest BCUT2D eigenvalue weighted by Gasteiger charge is 2.22. The first kappa shape index (κ1) is 17.2. The van der Waals surface area contributed by atoms with E-state index in [4.69, 9.17) is 16.7 Å². The van der Waals surface area contributed by atoms with Crippen LogP contribution in [-0.4, -0.2) is 19.5 Å². The molecule has 0 spiro atoms. The maximum atomic E-state index is 13.2. The van der Waals surface area contributed by atoms with Gasteiger partial charge in [-0.05, 0) is 36.8 Å². The van der Waals surface area contributed by atoms with Crippen LogP contribution in [0.5, 0.6) is 0 Å². The minimum atomic E-state index is -4.29. The molecule has 0 aliphatic heterocycles. The summed E-state index contributed by atoms with van der Waals surface area (Å²) in [4.78, 5) is 10.6. The zero-order valence-electron chi connectivity index (χ0n) is 11.6. The average molecular weight is 362 g/mol. The Bertz CT molecular complexity index is 900. The maximum absolute atomic E-state index is 13.2. The highest BCUT2D eigenvalue weighted by Crippen LogP contribution is 2.28. The molecule has 2 aromatic rings. The molecule has 23 heavy (non-hydrogen) atoms. The molecule has 0 radical (unpaired) electrons. The Hall–Kier alpha value is -2.19. The Morgan fingerprint density at radius 1 is 1.17 bits per heavy atom. The zero-order chi connectivity index (χ0) is 17.4. The third kappa shape index (κ3) is 3.59. The summed E-state index contributed by atoms with van der Waals surface area (Å²) in [5, 5.41) is 8.84. The van der Waals surface area contributed by atoms with Crippen LogP contribution in [-0.2, 0) is 10.0 Å². The second kappa shape index (κ2) is 6.13. The van der Waals surface area contributed by atoms with Crippen molar-refractivity contribution in [1.82, 2.24) is 0 Å². The van der Waals surface area contributed by atoms with Gasteiger partial charge in [0.25, 0.3) is 10.0 Å². The van der Waals surface area contributed by atoms with Crippen molar-refractivity contribution in [3.63, 3.8) is 0 Å². The van der Waals surface area contributed by atoms with Gasteiger partial charge in [0.1, 0.15) is 4.90 Å². The Labute approximate surface area is 135 Å². The molecule has 0 heterocycles. The number of carbonyl (C=O) groups is 1. The monoisotopic (exact) mass is 361 g/mol. The molecule has 0 atom stereocenters. The fraction of sp³-hybridized carbons (Fsp3) is 0.0714. The molecule has 9 heteroatoms. The van der Waals surface area contributed by atoms with Crippen LogP contribution < -0.4 is 4.72 Å². The summed E-state index contributed by atoms with van der Waals surface area (Å²) < 4.78 is 52.7. The zero-order valence-corrected chi connectivity index (χ0v) is 13.2. The van der Waals surface area contributed by atoms with Crippen molar-refractivity contribution in [2.75, 3.05) is 4.72 Å². The van der Waals surface area contributed by atoms with Crippen LogP contribution in [0.4, 0.5) is 14.5 Å². The van der Waals surface area contributed by atoms with E-state index in [0.29, 0.717) is 6.07 Å². The molecule has 0 aromatic heterocycles. The summed E-state index contributed by atoms with van der Waals surface area (Å²) in [5.41, 5.74) is -0.242. The fourth-order valence-corrected chi connectivity index (χ4v) is 3.47. The van der Waals surface area contributed by atoms with E-state index in [-0.39, 0.29) is 21.8 Å². The molecule has 0 fully saturated rings. The van der Waals surface area contributed by atoms with Crippen molar-refractivity contribution in [1.29, 1.82) is 0 Å². The second-order valence-corrected chi connectivity index (χ2v) is 6.67. The first-order valence-electron chi connectivity index (χ1n) is 6.13. The smallest absolute Gasteiger partial charge is 0.335 e. The lowest BCUT2D eigenvalue weighted by Gasteiger charge is -2.12. The lowest BCUT2D eigenvalue weighted by atomic mass is 10.1. The molecule has 5 nitrogen and oxygen atoms in total. The van der Waals surface area contributed by atoms with Gasteiger partial charge in [-0.25, -0.2) is 22.0 Å². The van der Waals surface area contributed by atoms with Crippen LogP contribution in [0.2, 0.25) is 5.02 Å². The number of benzene rings is 2. The number of nitrogens with one attached hydrogen (secondary N) is 1. The average Bonchev–Trinajstić information content (AvgIpc) is 2.45. The first-order valence-corrected chi connectivity index (χ1v) is 7.99. The summed E-state index contributed by atoms with van der Waals surface area (Å²) in [6.07, 6.45) is 0. The quantitative estimate of drug-likeness (QED) is 0.874. The Kier molecular flexibility index (Phi) is 4.58. The van der Waals surface area contributed by atoms with Gasteiger partial charge in [-0.1, -0.05) is 11.6 Å². The van der Waals surface area contributed by atoms with Gasteiger partial charge in [-0.15, -0.1) is 0 Å². The van der Waals surface area contributed by atoms with Crippen LogP contribution >= 0.6 is 11.6 Å². The molecule has 0 unspecified atom stereocenters. The molecule has 2 rings (SSSR count). The number of carboxylic acid groups (broad SMARTS) is 1. The van der Waals surface area contributed by atoms with Gasteiger partial charge in [0.05, 0.1) is 16.3 Å². The summed E-state index contributed by atoms with van der Waals surface area (Å²) >= 11 is 5.93. The molecule has 0 amide bonds. The minimum absolute atomic E-state index is 0.162. The van der Waals surface area contributed by atoms with Crippen LogP contribution in [0.1, 0.15) is 15.9 Å². The number of anilines is 1. The summed E-state index contributed by atoms with van der Waals surface area (Å²) in [6.45, 7) is 1.45. The van der Waals surface area contributed by atoms with Gasteiger partial charge < -0.3 is 5.11 Å². The third-order valence-electron chi connectivity index (χ3n) is 2.93. The van der Waals surface area contributed by atoms with Gasteiger partial charge in [0, 0.05) is 6.07 Å². The van der Waals surface area contributed by atoms with Crippen molar-refractivity contribution in [3.05, 3.63) is 58.1 Å². The lowest BCUT2D eigenvalue weighted by molar-refractivity contribution is 0.0696. The van der Waals surface area contributed by atoms with E-state index in [1.165, 1.54) is 13.0 Å². The van der Waals surface area contributed by atoms with E-state index in [2.05, 4.69) is 0 Å². The number of carboxylic acids is 1. The summed E-state index contributed by atoms with van der Waals surface area (Å²) in [5.74, 6) is -3.68. The molecule has 2 N–H and O–H groups in total. The van der Waals surface area contributed by atoms with Gasteiger partial charge in [-0.2, -0.15) is 0 Å². The first-order chi connectivity index (χ1) is 10.6. The molecular weight excluding hydrogens is 352 g/mol. The van der Waals surface area contributed by atoms with Crippen molar-refractivity contribution >= 4 is 33.3 Å². The number of hydrogen-bond donors (Lipinski definition) is 2. The van der Waals surface area contributed by atoms with E-state index < -0.39 is 32.5 Å². The highest BCUT2D eigenvalue weighted by molar-refractivity contribution is 7.92. The number of aromatic carboxylic acids is 1. The van der Waals surface area contributed by atoms with E-state index in [1.54, 1.807) is 0 Å². The molecule has 0 aliphatic carbocycles. The normalized spacial score (nSPS) is 11.3. The molecule has 0 saturated heterocycles. The molecular formula is C14H10ClF2NO4S. The van der Waals surface area contributed by atoms with Crippen molar-refractivity contribution in [2.45, 2.75) is 11.8 Å². The topological polar surface area (TPSA) is 83.5 Å². The second-order valence-electron chi connectivity index (χ2n) is 4.64. The van der Waals surface area contributed by atoms with E-state index >= 15 is 0 Å². The van der Waals surface area contributed by atoms with E-state index in [1.807, 2.05) is 4.72 Å². The van der Waals surface area contributed by atoms with Crippen molar-refractivity contribution in [2.24, 2.45) is 0 Å². The van der Waals surface area contributed by atoms with Gasteiger partial charge in [-0.3, -0.25) is 4.72 Å².